The highest BCUT2D eigenvalue weighted by atomic mass is 15.1. The predicted molar refractivity (Wildman–Crippen MR) is 137 cm³/mol. The maximum absolute atomic E-state index is 7.97. The first-order chi connectivity index (χ1) is 14.2. The van der Waals surface area contributed by atoms with Crippen LogP contribution in [0.5, 0.6) is 0 Å². The van der Waals surface area contributed by atoms with E-state index in [0.717, 1.165) is 11.1 Å². The van der Waals surface area contributed by atoms with E-state index in [4.69, 9.17) is 10.8 Å². The summed E-state index contributed by atoms with van der Waals surface area (Å²) in [6.07, 6.45) is 15.1. The number of aryl methyl sites for hydroxylation is 2. The van der Waals surface area contributed by atoms with Gasteiger partial charge in [-0.15, -0.1) is 0 Å². The molecule has 1 aliphatic rings. The molecule has 0 saturated heterocycles. The summed E-state index contributed by atoms with van der Waals surface area (Å²) in [5.41, 5.74) is 3.65. The SMILES string of the molecule is C1CCCCCC1.CCC.CNC.Cc1ccc(C(=N)/C=C\C(=N)N(C)C)c(C)c1. The largest absolute Gasteiger partial charge is 0.363 e. The Labute approximate surface area is 187 Å². The minimum absolute atomic E-state index is 0.388. The molecule has 0 heterocycles. The van der Waals surface area contributed by atoms with Gasteiger partial charge in [-0.3, -0.25) is 5.41 Å². The number of amidine groups is 1. The van der Waals surface area contributed by atoms with E-state index in [1.807, 2.05) is 54.2 Å². The van der Waals surface area contributed by atoms with E-state index in [0.29, 0.717) is 11.5 Å². The quantitative estimate of drug-likeness (QED) is 0.290. The molecule has 1 saturated carbocycles. The lowest BCUT2D eigenvalue weighted by Gasteiger charge is -2.09. The van der Waals surface area contributed by atoms with Crippen LogP contribution in [0.3, 0.4) is 0 Å². The minimum atomic E-state index is 0.388. The van der Waals surface area contributed by atoms with Gasteiger partial charge in [0.15, 0.2) is 0 Å². The van der Waals surface area contributed by atoms with Crippen molar-refractivity contribution in [2.45, 2.75) is 79.1 Å². The van der Waals surface area contributed by atoms with Gasteiger partial charge in [-0.25, -0.2) is 0 Å². The van der Waals surface area contributed by atoms with Crippen molar-refractivity contribution >= 4 is 11.5 Å². The smallest absolute Gasteiger partial charge is 0.120 e. The summed E-state index contributed by atoms with van der Waals surface area (Å²) in [5.74, 6) is 0.388. The molecule has 1 fully saturated rings. The summed E-state index contributed by atoms with van der Waals surface area (Å²) in [5, 5.41) is 18.4. The third-order valence-corrected chi connectivity index (χ3v) is 4.31. The van der Waals surface area contributed by atoms with Crippen LogP contribution >= 0.6 is 0 Å². The first kappa shape index (κ1) is 30.3. The lowest BCUT2D eigenvalue weighted by molar-refractivity contribution is 0.622. The second kappa shape index (κ2) is 20.3. The topological polar surface area (TPSA) is 63.0 Å². The van der Waals surface area contributed by atoms with Crippen LogP contribution in [0.25, 0.3) is 0 Å². The molecule has 0 bridgehead atoms. The zero-order valence-corrected chi connectivity index (χ0v) is 21.0. The highest BCUT2D eigenvalue weighted by Crippen LogP contribution is 2.15. The first-order valence-corrected chi connectivity index (χ1v) is 11.4. The van der Waals surface area contributed by atoms with Crippen LogP contribution in [0.1, 0.15) is 81.9 Å². The molecule has 30 heavy (non-hydrogen) atoms. The van der Waals surface area contributed by atoms with Crippen molar-refractivity contribution in [2.75, 3.05) is 28.2 Å². The van der Waals surface area contributed by atoms with Gasteiger partial charge < -0.3 is 15.6 Å². The maximum Gasteiger partial charge on any atom is 0.120 e. The zero-order chi connectivity index (χ0) is 23.4. The Balaban J connectivity index is 0. The summed E-state index contributed by atoms with van der Waals surface area (Å²) in [4.78, 5) is 1.70. The van der Waals surface area contributed by atoms with E-state index in [1.165, 1.54) is 56.9 Å². The number of nitrogens with zero attached hydrogens (tertiary/aromatic N) is 1. The van der Waals surface area contributed by atoms with E-state index in [-0.39, 0.29) is 0 Å². The third kappa shape index (κ3) is 17.0. The molecule has 1 aliphatic carbocycles. The summed E-state index contributed by atoms with van der Waals surface area (Å²) in [6, 6.07) is 6.02. The van der Waals surface area contributed by atoms with Crippen molar-refractivity contribution in [3.8, 4) is 0 Å². The number of likely N-dealkylation sites (N-methyl/N-ethyl adjacent to an activating group) is 1. The number of rotatable bonds is 3. The summed E-state index contributed by atoms with van der Waals surface area (Å²) in [7, 11) is 7.38. The van der Waals surface area contributed by atoms with E-state index in [9.17, 15) is 0 Å². The molecule has 4 heteroatoms. The molecule has 172 valence electrons. The standard InChI is InChI=1S/C14H19N3.C7H14.C3H8.C2H7N/c1-10-5-6-12(11(2)9-10)13(15)7-8-14(16)17(3)4;1-2-4-6-7-5-3-1;2*1-3-2/h5-9,15-16H,1-4H3;1-7H2;3H2,1-2H3;3H,1-2H3/b8-7-,15-13?,16-14?;;;. The fourth-order valence-corrected chi connectivity index (χ4v) is 2.75. The van der Waals surface area contributed by atoms with Gasteiger partial charge >= 0.3 is 0 Å². The van der Waals surface area contributed by atoms with Crippen LogP contribution in [0, 0.1) is 24.7 Å². The van der Waals surface area contributed by atoms with Crippen molar-refractivity contribution in [3.05, 3.63) is 47.0 Å². The molecule has 0 atom stereocenters. The molecule has 2 rings (SSSR count). The second-order valence-electron chi connectivity index (χ2n) is 8.03. The fourth-order valence-electron chi connectivity index (χ4n) is 2.75. The zero-order valence-electron chi connectivity index (χ0n) is 21.0. The van der Waals surface area contributed by atoms with Gasteiger partial charge in [0, 0.05) is 19.7 Å². The third-order valence-electron chi connectivity index (χ3n) is 4.31. The maximum atomic E-state index is 7.97. The van der Waals surface area contributed by atoms with Crippen LogP contribution in [-0.2, 0) is 0 Å². The van der Waals surface area contributed by atoms with Crippen LogP contribution in [0.4, 0.5) is 0 Å². The van der Waals surface area contributed by atoms with Gasteiger partial charge in [-0.1, -0.05) is 89.0 Å². The Hall–Kier alpha value is -1.94. The Morgan fingerprint density at radius 2 is 1.30 bits per heavy atom. The summed E-state index contributed by atoms with van der Waals surface area (Å²) >= 11 is 0. The van der Waals surface area contributed by atoms with Crippen molar-refractivity contribution in [1.82, 2.24) is 10.2 Å². The second-order valence-corrected chi connectivity index (χ2v) is 8.03. The predicted octanol–water partition coefficient (Wildman–Crippen LogP) is 6.75. The van der Waals surface area contributed by atoms with Crippen LogP contribution < -0.4 is 5.32 Å². The van der Waals surface area contributed by atoms with Gasteiger partial charge in [0.1, 0.15) is 5.84 Å². The molecule has 3 N–H and O–H groups in total. The molecule has 0 unspecified atom stereocenters. The van der Waals surface area contributed by atoms with E-state index < -0.39 is 0 Å². The van der Waals surface area contributed by atoms with E-state index in [2.05, 4.69) is 25.2 Å². The molecule has 0 aliphatic heterocycles. The Kier molecular flexibility index (Phi) is 20.5. The first-order valence-electron chi connectivity index (χ1n) is 11.4. The molecule has 1 aromatic rings. The monoisotopic (exact) mass is 416 g/mol. The Bertz CT molecular complexity index is 581. The molecule has 4 nitrogen and oxygen atoms in total. The number of hydrogen-bond acceptors (Lipinski definition) is 3. The van der Waals surface area contributed by atoms with Crippen LogP contribution in [0.15, 0.2) is 30.4 Å². The molecule has 0 aromatic heterocycles. The van der Waals surface area contributed by atoms with Gasteiger partial charge in [0.25, 0.3) is 0 Å². The van der Waals surface area contributed by atoms with Crippen molar-refractivity contribution in [1.29, 1.82) is 10.8 Å². The number of hydrogen-bond donors (Lipinski definition) is 3. The van der Waals surface area contributed by atoms with Crippen molar-refractivity contribution in [2.24, 2.45) is 0 Å². The summed E-state index contributed by atoms with van der Waals surface area (Å²) < 4.78 is 0. The van der Waals surface area contributed by atoms with Crippen molar-refractivity contribution < 1.29 is 0 Å². The van der Waals surface area contributed by atoms with Crippen LogP contribution in [0.2, 0.25) is 0 Å². The highest BCUT2D eigenvalue weighted by molar-refractivity contribution is 6.10. The van der Waals surface area contributed by atoms with Gasteiger partial charge in [-0.2, -0.15) is 0 Å². The lowest BCUT2D eigenvalue weighted by Crippen LogP contribution is -2.18. The molecule has 0 radical (unpaired) electrons. The van der Waals surface area contributed by atoms with Gasteiger partial charge in [0.05, 0.1) is 5.71 Å². The van der Waals surface area contributed by atoms with Gasteiger partial charge in [0.2, 0.25) is 0 Å². The molecule has 1 aromatic carbocycles. The van der Waals surface area contributed by atoms with Crippen LogP contribution in [-0.4, -0.2) is 44.6 Å². The minimum Gasteiger partial charge on any atom is -0.363 e. The molecule has 0 spiro atoms. The molecular formula is C26H48N4. The van der Waals surface area contributed by atoms with E-state index in [1.54, 1.807) is 17.1 Å². The van der Waals surface area contributed by atoms with E-state index >= 15 is 0 Å². The van der Waals surface area contributed by atoms with Gasteiger partial charge in [-0.05, 0) is 45.7 Å². The normalized spacial score (nSPS) is 12.8. The fraction of sp³-hybridized carbons (Fsp3) is 0.615. The Morgan fingerprint density at radius 1 is 0.900 bits per heavy atom. The number of nitrogens with one attached hydrogen (secondary N) is 3. The molecular weight excluding hydrogens is 368 g/mol. The average molecular weight is 417 g/mol. The summed E-state index contributed by atoms with van der Waals surface area (Å²) in [6.45, 7) is 8.29. The molecule has 0 amide bonds. The average Bonchev–Trinajstić information content (AvgIpc) is 3.00. The number of allylic oxidation sites excluding steroid dienone is 1. The van der Waals surface area contributed by atoms with Crippen molar-refractivity contribution in [3.63, 3.8) is 0 Å². The Morgan fingerprint density at radius 3 is 1.63 bits per heavy atom. The lowest BCUT2D eigenvalue weighted by atomic mass is 10.0. The highest BCUT2D eigenvalue weighted by Gasteiger charge is 2.02. The number of benzene rings is 1.